The fraction of sp³-hybridized carbons (Fsp3) is 0.571. The first kappa shape index (κ1) is 19.4. The summed E-state index contributed by atoms with van der Waals surface area (Å²) in [7, 11) is 0. The normalized spacial score (nSPS) is 14.0. The van der Waals surface area contributed by atoms with E-state index in [0.717, 1.165) is 11.3 Å². The Morgan fingerprint density at radius 1 is 1.35 bits per heavy atom. The van der Waals surface area contributed by atoms with Crippen LogP contribution in [0.25, 0.3) is 0 Å². The molecule has 0 spiro atoms. The van der Waals surface area contributed by atoms with E-state index in [2.05, 4.69) is 5.32 Å². The molecule has 0 fully saturated rings. The van der Waals surface area contributed by atoms with Gasteiger partial charge in [-0.05, 0) is 39.3 Å². The van der Waals surface area contributed by atoms with Crippen molar-refractivity contribution in [3.05, 3.63) is 21.9 Å². The number of hydrogen-bond acceptors (Lipinski definition) is 7. The van der Waals surface area contributed by atoms with Gasteiger partial charge in [-0.3, -0.25) is 10.2 Å². The molecule has 9 heteroatoms. The molecule has 2 atom stereocenters. The molecular weight excluding hydrogens is 322 g/mol. The average molecular weight is 345 g/mol. The van der Waals surface area contributed by atoms with Crippen molar-refractivity contribution in [1.82, 2.24) is 10.7 Å². The van der Waals surface area contributed by atoms with Gasteiger partial charge in [-0.15, -0.1) is 11.3 Å². The molecule has 0 aliphatic rings. The van der Waals surface area contributed by atoms with Crippen LogP contribution in [0.4, 0.5) is 4.79 Å². The highest BCUT2D eigenvalue weighted by Gasteiger charge is 2.22. The summed E-state index contributed by atoms with van der Waals surface area (Å²) >= 11 is 1.04. The van der Waals surface area contributed by atoms with Crippen molar-refractivity contribution in [2.24, 2.45) is 5.84 Å². The molecule has 1 heterocycles. The van der Waals surface area contributed by atoms with E-state index < -0.39 is 29.8 Å². The molecule has 0 saturated heterocycles. The minimum absolute atomic E-state index is 0.136. The molecule has 130 valence electrons. The van der Waals surface area contributed by atoms with Crippen LogP contribution >= 0.6 is 11.3 Å². The first-order valence-electron chi connectivity index (χ1n) is 7.07. The van der Waals surface area contributed by atoms with Gasteiger partial charge in [-0.2, -0.15) is 0 Å². The number of ether oxygens (including phenoxy) is 1. The number of aliphatic hydroxyl groups excluding tert-OH is 2. The molecule has 0 saturated carbocycles. The van der Waals surface area contributed by atoms with Crippen LogP contribution in [0, 0.1) is 0 Å². The summed E-state index contributed by atoms with van der Waals surface area (Å²) in [4.78, 5) is 23.6. The summed E-state index contributed by atoms with van der Waals surface area (Å²) in [5.74, 6) is 4.57. The molecule has 0 bridgehead atoms. The van der Waals surface area contributed by atoms with E-state index in [4.69, 9.17) is 10.6 Å². The molecular formula is C14H23N3O5S. The van der Waals surface area contributed by atoms with Crippen LogP contribution in [0.2, 0.25) is 0 Å². The standard InChI is InChI=1S/C14H23N3O5S/c1-14(2,3)22-13(21)16-7-6-8(18)11(19)9-4-5-10(23-9)12(20)17-15/h4-5,8,11,18-19H,6-7,15H2,1-3H3,(H,16,21)(H,17,20). The number of nitrogens with one attached hydrogen (secondary N) is 2. The summed E-state index contributed by atoms with van der Waals surface area (Å²) in [6, 6.07) is 3.06. The molecule has 0 aliphatic heterocycles. The van der Waals surface area contributed by atoms with Crippen molar-refractivity contribution in [2.45, 2.75) is 45.0 Å². The van der Waals surface area contributed by atoms with Crippen LogP contribution in [-0.2, 0) is 4.74 Å². The predicted molar refractivity (Wildman–Crippen MR) is 85.8 cm³/mol. The van der Waals surface area contributed by atoms with Gasteiger partial charge in [0.2, 0.25) is 0 Å². The number of carbonyl (C=O) groups is 2. The van der Waals surface area contributed by atoms with Gasteiger partial charge in [0.05, 0.1) is 11.0 Å². The maximum Gasteiger partial charge on any atom is 0.407 e. The van der Waals surface area contributed by atoms with Crippen molar-refractivity contribution >= 4 is 23.3 Å². The fourth-order valence-electron chi connectivity index (χ4n) is 1.69. The maximum absolute atomic E-state index is 11.5. The van der Waals surface area contributed by atoms with E-state index in [-0.39, 0.29) is 13.0 Å². The highest BCUT2D eigenvalue weighted by atomic mass is 32.1. The lowest BCUT2D eigenvalue weighted by Crippen LogP contribution is -2.34. The number of nitrogen functional groups attached to an aromatic ring is 1. The van der Waals surface area contributed by atoms with Crippen LogP contribution in [0.1, 0.15) is 47.8 Å². The summed E-state index contributed by atoms with van der Waals surface area (Å²) in [6.07, 6.45) is -2.69. The van der Waals surface area contributed by atoms with E-state index in [0.29, 0.717) is 9.75 Å². The van der Waals surface area contributed by atoms with Crippen LogP contribution in [-0.4, -0.2) is 40.5 Å². The van der Waals surface area contributed by atoms with E-state index >= 15 is 0 Å². The van der Waals surface area contributed by atoms with E-state index in [1.54, 1.807) is 26.8 Å². The van der Waals surface area contributed by atoms with Gasteiger partial charge in [0.1, 0.15) is 11.7 Å². The van der Waals surface area contributed by atoms with Gasteiger partial charge in [-0.25, -0.2) is 10.6 Å². The lowest BCUT2D eigenvalue weighted by molar-refractivity contribution is 0.0143. The summed E-state index contributed by atoms with van der Waals surface area (Å²) in [5, 5.41) is 22.5. The second kappa shape index (κ2) is 8.25. The molecule has 8 nitrogen and oxygen atoms in total. The topological polar surface area (TPSA) is 134 Å². The lowest BCUT2D eigenvalue weighted by atomic mass is 10.1. The number of nitrogens with two attached hydrogens (primary N) is 1. The zero-order valence-corrected chi connectivity index (χ0v) is 14.1. The number of hydrazine groups is 1. The molecule has 6 N–H and O–H groups in total. The van der Waals surface area contributed by atoms with Gasteiger partial charge in [0.15, 0.2) is 0 Å². The smallest absolute Gasteiger partial charge is 0.407 e. The third kappa shape index (κ3) is 6.53. The minimum atomic E-state index is -1.15. The number of hydrogen-bond donors (Lipinski definition) is 5. The van der Waals surface area contributed by atoms with Gasteiger partial charge in [-0.1, -0.05) is 0 Å². The lowest BCUT2D eigenvalue weighted by Gasteiger charge is -2.20. The number of amides is 2. The Morgan fingerprint density at radius 2 is 2.00 bits per heavy atom. The highest BCUT2D eigenvalue weighted by molar-refractivity contribution is 7.14. The van der Waals surface area contributed by atoms with Gasteiger partial charge in [0, 0.05) is 11.4 Å². The monoisotopic (exact) mass is 345 g/mol. The molecule has 0 aromatic carbocycles. The van der Waals surface area contributed by atoms with Crippen LogP contribution in [0.5, 0.6) is 0 Å². The quantitative estimate of drug-likeness (QED) is 0.292. The first-order chi connectivity index (χ1) is 10.6. The Labute approximate surface area is 138 Å². The maximum atomic E-state index is 11.5. The van der Waals surface area contributed by atoms with Crippen molar-refractivity contribution in [3.63, 3.8) is 0 Å². The van der Waals surface area contributed by atoms with E-state index in [1.165, 1.54) is 6.07 Å². The number of carbonyl (C=O) groups excluding carboxylic acids is 2. The van der Waals surface area contributed by atoms with Crippen molar-refractivity contribution in [2.75, 3.05) is 6.54 Å². The third-order valence-corrected chi connectivity index (χ3v) is 3.90. The predicted octanol–water partition coefficient (Wildman–Crippen LogP) is 0.661. The Balaban J connectivity index is 2.45. The molecule has 2 amide bonds. The van der Waals surface area contributed by atoms with Crippen molar-refractivity contribution in [3.8, 4) is 0 Å². The van der Waals surface area contributed by atoms with Crippen LogP contribution in [0.3, 0.4) is 0 Å². The van der Waals surface area contributed by atoms with Gasteiger partial charge < -0.3 is 20.3 Å². The van der Waals surface area contributed by atoms with Crippen molar-refractivity contribution in [1.29, 1.82) is 0 Å². The average Bonchev–Trinajstić information content (AvgIpc) is 2.93. The largest absolute Gasteiger partial charge is 0.444 e. The fourth-order valence-corrected chi connectivity index (χ4v) is 2.64. The molecule has 23 heavy (non-hydrogen) atoms. The van der Waals surface area contributed by atoms with Crippen molar-refractivity contribution < 1.29 is 24.5 Å². The molecule has 0 radical (unpaired) electrons. The second-order valence-corrected chi connectivity index (χ2v) is 7.02. The summed E-state index contributed by atoms with van der Waals surface area (Å²) in [6.45, 7) is 5.39. The zero-order chi connectivity index (χ0) is 17.6. The summed E-state index contributed by atoms with van der Waals surface area (Å²) in [5.41, 5.74) is 1.40. The van der Waals surface area contributed by atoms with Gasteiger partial charge >= 0.3 is 6.09 Å². The molecule has 1 rings (SSSR count). The molecule has 0 aliphatic carbocycles. The molecule has 1 aromatic rings. The SMILES string of the molecule is CC(C)(C)OC(=O)NCCC(O)C(O)c1ccc(C(=O)NN)s1. The number of aliphatic hydroxyl groups is 2. The number of thiophene rings is 1. The highest BCUT2D eigenvalue weighted by Crippen LogP contribution is 2.26. The van der Waals surface area contributed by atoms with E-state index in [9.17, 15) is 19.8 Å². The Bertz CT molecular complexity index is 541. The minimum Gasteiger partial charge on any atom is -0.444 e. The number of alkyl carbamates (subject to hydrolysis) is 1. The molecule has 1 aromatic heterocycles. The zero-order valence-electron chi connectivity index (χ0n) is 13.3. The molecule has 2 unspecified atom stereocenters. The Kier molecular flexibility index (Phi) is 6.95. The van der Waals surface area contributed by atoms with Crippen LogP contribution in [0.15, 0.2) is 12.1 Å². The Morgan fingerprint density at radius 3 is 2.57 bits per heavy atom. The Hall–Kier alpha value is -1.68. The van der Waals surface area contributed by atoms with Gasteiger partial charge in [0.25, 0.3) is 5.91 Å². The third-order valence-electron chi connectivity index (χ3n) is 2.75. The van der Waals surface area contributed by atoms with Crippen LogP contribution < -0.4 is 16.6 Å². The first-order valence-corrected chi connectivity index (χ1v) is 7.89. The number of rotatable bonds is 6. The summed E-state index contributed by atoms with van der Waals surface area (Å²) < 4.78 is 5.06. The second-order valence-electron chi connectivity index (χ2n) is 5.91. The van der Waals surface area contributed by atoms with E-state index in [1.807, 2.05) is 5.43 Å².